The third-order valence-corrected chi connectivity index (χ3v) is 4.20. The molecule has 2 saturated heterocycles. The van der Waals surface area contributed by atoms with Gasteiger partial charge in [-0.2, -0.15) is 0 Å². The summed E-state index contributed by atoms with van der Waals surface area (Å²) in [5.41, 5.74) is 0.288. The Balaban J connectivity index is 1.71. The van der Waals surface area contributed by atoms with Crippen molar-refractivity contribution in [3.8, 4) is 0 Å². The predicted molar refractivity (Wildman–Crippen MR) is 72.4 cm³/mol. The molecule has 2 aliphatic heterocycles. The van der Waals surface area contributed by atoms with Gasteiger partial charge in [-0.3, -0.25) is 4.90 Å². The standard InChI is InChI=1S/C14H19N3O2/c18-14(19)10-4-6-15-13(9-10)16-11-5-8-17-7-2-1-3-12(11)17/h4,6,9,11-12H,1-3,5,7-8H2,(H,15,16)(H,18,19). The minimum Gasteiger partial charge on any atom is -0.478 e. The molecule has 0 spiro atoms. The van der Waals surface area contributed by atoms with E-state index in [1.54, 1.807) is 12.3 Å². The monoisotopic (exact) mass is 261 g/mol. The number of hydrogen-bond acceptors (Lipinski definition) is 4. The van der Waals surface area contributed by atoms with Gasteiger partial charge in [-0.1, -0.05) is 6.42 Å². The number of carboxylic acids is 1. The van der Waals surface area contributed by atoms with Crippen molar-refractivity contribution in [1.29, 1.82) is 0 Å². The summed E-state index contributed by atoms with van der Waals surface area (Å²) in [5.74, 6) is -0.228. The average Bonchev–Trinajstić information content (AvgIpc) is 2.83. The zero-order valence-electron chi connectivity index (χ0n) is 10.9. The molecule has 0 bridgehead atoms. The van der Waals surface area contributed by atoms with Crippen LogP contribution in [0.3, 0.4) is 0 Å². The van der Waals surface area contributed by atoms with Crippen LogP contribution >= 0.6 is 0 Å². The first-order valence-electron chi connectivity index (χ1n) is 6.94. The van der Waals surface area contributed by atoms with Gasteiger partial charge in [-0.05, 0) is 37.9 Å². The molecule has 0 saturated carbocycles. The first-order chi connectivity index (χ1) is 9.24. The number of carboxylic acid groups (broad SMARTS) is 1. The summed E-state index contributed by atoms with van der Waals surface area (Å²) in [4.78, 5) is 17.7. The SMILES string of the molecule is O=C(O)c1ccnc(NC2CCN3CCCCC23)c1. The van der Waals surface area contributed by atoms with Crippen molar-refractivity contribution in [2.45, 2.75) is 37.8 Å². The average molecular weight is 261 g/mol. The van der Waals surface area contributed by atoms with Crippen LogP contribution in [-0.4, -0.2) is 46.1 Å². The molecule has 102 valence electrons. The fraction of sp³-hybridized carbons (Fsp3) is 0.571. The highest BCUT2D eigenvalue weighted by molar-refractivity contribution is 5.88. The lowest BCUT2D eigenvalue weighted by molar-refractivity contribution is 0.0697. The predicted octanol–water partition coefficient (Wildman–Crippen LogP) is 1.82. The van der Waals surface area contributed by atoms with Gasteiger partial charge in [0, 0.05) is 24.8 Å². The molecule has 5 heteroatoms. The Bertz CT molecular complexity index is 478. The lowest BCUT2D eigenvalue weighted by atomic mass is 9.99. The lowest BCUT2D eigenvalue weighted by Gasteiger charge is -2.32. The third-order valence-electron chi connectivity index (χ3n) is 4.20. The van der Waals surface area contributed by atoms with E-state index in [1.807, 2.05) is 0 Å². The van der Waals surface area contributed by atoms with E-state index in [2.05, 4.69) is 15.2 Å². The summed E-state index contributed by atoms with van der Waals surface area (Å²) in [6.45, 7) is 2.34. The molecule has 2 N–H and O–H groups in total. The first kappa shape index (κ1) is 12.4. The van der Waals surface area contributed by atoms with E-state index in [-0.39, 0.29) is 5.56 Å². The Morgan fingerprint density at radius 3 is 3.11 bits per heavy atom. The van der Waals surface area contributed by atoms with E-state index in [0.717, 1.165) is 13.0 Å². The summed E-state index contributed by atoms with van der Waals surface area (Å²) >= 11 is 0. The number of anilines is 1. The van der Waals surface area contributed by atoms with Crippen molar-refractivity contribution in [2.24, 2.45) is 0 Å². The molecule has 1 aromatic rings. The maximum absolute atomic E-state index is 11.0. The topological polar surface area (TPSA) is 65.5 Å². The van der Waals surface area contributed by atoms with Crippen LogP contribution in [-0.2, 0) is 0 Å². The number of hydrogen-bond donors (Lipinski definition) is 2. The Hall–Kier alpha value is -1.62. The van der Waals surface area contributed by atoms with Crippen LogP contribution < -0.4 is 5.32 Å². The molecule has 2 atom stereocenters. The van der Waals surface area contributed by atoms with Gasteiger partial charge in [0.05, 0.1) is 5.56 Å². The summed E-state index contributed by atoms with van der Waals surface area (Å²) in [6.07, 6.45) is 6.50. The van der Waals surface area contributed by atoms with Gasteiger partial charge in [-0.15, -0.1) is 0 Å². The van der Waals surface area contributed by atoms with Gasteiger partial charge < -0.3 is 10.4 Å². The van der Waals surface area contributed by atoms with Gasteiger partial charge >= 0.3 is 5.97 Å². The van der Waals surface area contributed by atoms with Crippen LogP contribution in [0.4, 0.5) is 5.82 Å². The summed E-state index contributed by atoms with van der Waals surface area (Å²) in [7, 11) is 0. The molecule has 5 nitrogen and oxygen atoms in total. The maximum atomic E-state index is 11.0. The van der Waals surface area contributed by atoms with Gasteiger partial charge in [0.15, 0.2) is 0 Å². The molecule has 1 aromatic heterocycles. The van der Waals surface area contributed by atoms with Crippen molar-refractivity contribution >= 4 is 11.8 Å². The van der Waals surface area contributed by atoms with Crippen molar-refractivity contribution in [3.05, 3.63) is 23.9 Å². The van der Waals surface area contributed by atoms with Gasteiger partial charge in [0.2, 0.25) is 0 Å². The minimum absolute atomic E-state index is 0.288. The molecule has 0 aliphatic carbocycles. The highest BCUT2D eigenvalue weighted by Crippen LogP contribution is 2.29. The third kappa shape index (κ3) is 2.56. The van der Waals surface area contributed by atoms with E-state index in [0.29, 0.717) is 17.9 Å². The molecule has 2 aliphatic rings. The molecule has 3 rings (SSSR count). The number of nitrogens with zero attached hydrogens (tertiary/aromatic N) is 2. The molecular formula is C14H19N3O2. The molecule has 3 heterocycles. The fourth-order valence-corrected chi connectivity index (χ4v) is 3.25. The molecule has 2 fully saturated rings. The highest BCUT2D eigenvalue weighted by Gasteiger charge is 2.35. The second-order valence-electron chi connectivity index (χ2n) is 5.37. The van der Waals surface area contributed by atoms with Crippen molar-refractivity contribution in [2.75, 3.05) is 18.4 Å². The van der Waals surface area contributed by atoms with Crippen LogP contribution in [0.1, 0.15) is 36.0 Å². The number of nitrogens with one attached hydrogen (secondary N) is 1. The summed E-state index contributed by atoms with van der Waals surface area (Å²) in [5, 5.41) is 12.4. The van der Waals surface area contributed by atoms with Crippen LogP contribution in [0.2, 0.25) is 0 Å². The van der Waals surface area contributed by atoms with Crippen LogP contribution in [0, 0.1) is 0 Å². The second-order valence-corrected chi connectivity index (χ2v) is 5.37. The number of carbonyl (C=O) groups is 1. The highest BCUT2D eigenvalue weighted by atomic mass is 16.4. The number of rotatable bonds is 3. The van der Waals surface area contributed by atoms with Crippen molar-refractivity contribution in [1.82, 2.24) is 9.88 Å². The maximum Gasteiger partial charge on any atom is 0.335 e. The number of aromatic carboxylic acids is 1. The smallest absolute Gasteiger partial charge is 0.335 e. The van der Waals surface area contributed by atoms with Gasteiger partial charge in [0.1, 0.15) is 5.82 Å². The van der Waals surface area contributed by atoms with Gasteiger partial charge in [0.25, 0.3) is 0 Å². The second kappa shape index (κ2) is 5.17. The molecule has 0 aromatic carbocycles. The Kier molecular flexibility index (Phi) is 3.38. The summed E-state index contributed by atoms with van der Waals surface area (Å²) < 4.78 is 0. The van der Waals surface area contributed by atoms with E-state index in [9.17, 15) is 4.79 Å². The Morgan fingerprint density at radius 2 is 2.26 bits per heavy atom. The molecular weight excluding hydrogens is 242 g/mol. The lowest BCUT2D eigenvalue weighted by Crippen LogP contribution is -2.41. The van der Waals surface area contributed by atoms with Crippen LogP contribution in [0.5, 0.6) is 0 Å². The number of piperidine rings is 1. The number of pyridine rings is 1. The first-order valence-corrected chi connectivity index (χ1v) is 6.94. The van der Waals surface area contributed by atoms with Crippen LogP contribution in [0.15, 0.2) is 18.3 Å². The van der Waals surface area contributed by atoms with Crippen molar-refractivity contribution < 1.29 is 9.90 Å². The zero-order valence-corrected chi connectivity index (χ0v) is 10.9. The molecule has 2 unspecified atom stereocenters. The number of fused-ring (bicyclic) bond motifs is 1. The zero-order chi connectivity index (χ0) is 13.2. The Labute approximate surface area is 112 Å². The van der Waals surface area contributed by atoms with Crippen molar-refractivity contribution in [3.63, 3.8) is 0 Å². The number of aromatic nitrogens is 1. The Morgan fingerprint density at radius 1 is 1.37 bits per heavy atom. The largest absolute Gasteiger partial charge is 0.478 e. The van der Waals surface area contributed by atoms with E-state index in [1.165, 1.54) is 31.9 Å². The van der Waals surface area contributed by atoms with Gasteiger partial charge in [-0.25, -0.2) is 9.78 Å². The summed E-state index contributed by atoms with van der Waals surface area (Å²) in [6, 6.07) is 4.13. The van der Waals surface area contributed by atoms with E-state index < -0.39 is 5.97 Å². The van der Waals surface area contributed by atoms with E-state index >= 15 is 0 Å². The van der Waals surface area contributed by atoms with Crippen LogP contribution in [0.25, 0.3) is 0 Å². The fourth-order valence-electron chi connectivity index (χ4n) is 3.25. The normalized spacial score (nSPS) is 26.9. The quantitative estimate of drug-likeness (QED) is 0.869. The molecule has 0 radical (unpaired) electrons. The molecule has 19 heavy (non-hydrogen) atoms. The van der Waals surface area contributed by atoms with E-state index in [4.69, 9.17) is 5.11 Å². The molecule has 0 amide bonds. The minimum atomic E-state index is -0.906.